The molecule has 24 heavy (non-hydrogen) atoms. The van der Waals surface area contributed by atoms with Gasteiger partial charge < -0.3 is 14.8 Å². The SMILES string of the molecule is COc1cncc(-c2ccc(C(=O)NCC[C@H]3CCOC3)cc2)c1. The van der Waals surface area contributed by atoms with Crippen molar-refractivity contribution >= 4 is 5.91 Å². The summed E-state index contributed by atoms with van der Waals surface area (Å²) < 4.78 is 10.5. The van der Waals surface area contributed by atoms with Crippen molar-refractivity contribution in [2.75, 3.05) is 26.9 Å². The van der Waals surface area contributed by atoms with Crippen molar-refractivity contribution in [1.82, 2.24) is 10.3 Å². The first-order chi connectivity index (χ1) is 11.8. The smallest absolute Gasteiger partial charge is 0.251 e. The fourth-order valence-corrected chi connectivity index (χ4v) is 2.81. The molecule has 1 aliphatic rings. The number of nitrogens with one attached hydrogen (secondary N) is 1. The van der Waals surface area contributed by atoms with Crippen LogP contribution in [0.4, 0.5) is 0 Å². The topological polar surface area (TPSA) is 60.5 Å². The van der Waals surface area contributed by atoms with Gasteiger partial charge in [-0.1, -0.05) is 12.1 Å². The molecule has 5 nitrogen and oxygen atoms in total. The predicted octanol–water partition coefficient (Wildman–Crippen LogP) is 2.91. The minimum Gasteiger partial charge on any atom is -0.495 e. The number of benzene rings is 1. The van der Waals surface area contributed by atoms with Gasteiger partial charge in [-0.25, -0.2) is 0 Å². The summed E-state index contributed by atoms with van der Waals surface area (Å²) >= 11 is 0. The van der Waals surface area contributed by atoms with E-state index in [0.29, 0.717) is 23.8 Å². The second kappa shape index (κ2) is 7.93. The number of nitrogens with zero attached hydrogens (tertiary/aromatic N) is 1. The van der Waals surface area contributed by atoms with Crippen LogP contribution in [-0.2, 0) is 4.74 Å². The Morgan fingerprint density at radius 2 is 2.12 bits per heavy atom. The first-order valence-electron chi connectivity index (χ1n) is 8.21. The van der Waals surface area contributed by atoms with Gasteiger partial charge in [0, 0.05) is 37.1 Å². The maximum absolute atomic E-state index is 12.2. The third-order valence-electron chi connectivity index (χ3n) is 4.29. The lowest BCUT2D eigenvalue weighted by Gasteiger charge is -2.09. The Morgan fingerprint density at radius 1 is 1.29 bits per heavy atom. The van der Waals surface area contributed by atoms with E-state index in [1.54, 1.807) is 19.5 Å². The molecule has 1 fully saturated rings. The van der Waals surface area contributed by atoms with Gasteiger partial charge in [0.05, 0.1) is 13.3 Å². The van der Waals surface area contributed by atoms with Gasteiger partial charge in [-0.15, -0.1) is 0 Å². The molecule has 2 aromatic rings. The number of carbonyl (C=O) groups is 1. The number of ether oxygens (including phenoxy) is 2. The van der Waals surface area contributed by atoms with E-state index >= 15 is 0 Å². The Bertz CT molecular complexity index is 679. The van der Waals surface area contributed by atoms with Crippen molar-refractivity contribution in [3.05, 3.63) is 48.3 Å². The van der Waals surface area contributed by atoms with E-state index in [1.165, 1.54) is 0 Å². The average molecular weight is 326 g/mol. The molecule has 1 atom stereocenters. The molecular weight excluding hydrogens is 304 g/mol. The van der Waals surface area contributed by atoms with Crippen LogP contribution in [0.25, 0.3) is 11.1 Å². The minimum absolute atomic E-state index is 0.0377. The monoisotopic (exact) mass is 326 g/mol. The molecule has 0 aliphatic carbocycles. The summed E-state index contributed by atoms with van der Waals surface area (Å²) in [5.74, 6) is 1.25. The van der Waals surface area contributed by atoms with Crippen LogP contribution in [0.5, 0.6) is 5.75 Å². The molecule has 2 heterocycles. The van der Waals surface area contributed by atoms with Crippen LogP contribution in [0.1, 0.15) is 23.2 Å². The largest absolute Gasteiger partial charge is 0.495 e. The number of amides is 1. The number of aromatic nitrogens is 1. The Labute approximate surface area is 142 Å². The molecule has 0 radical (unpaired) electrons. The Kier molecular flexibility index (Phi) is 5.43. The van der Waals surface area contributed by atoms with E-state index in [0.717, 1.165) is 37.2 Å². The van der Waals surface area contributed by atoms with Crippen LogP contribution < -0.4 is 10.1 Å². The van der Waals surface area contributed by atoms with Crippen molar-refractivity contribution < 1.29 is 14.3 Å². The Hall–Kier alpha value is -2.40. The van der Waals surface area contributed by atoms with Crippen LogP contribution in [0.2, 0.25) is 0 Å². The number of methoxy groups -OCH3 is 1. The van der Waals surface area contributed by atoms with Gasteiger partial charge in [-0.05, 0) is 42.5 Å². The Balaban J connectivity index is 1.57. The van der Waals surface area contributed by atoms with Crippen molar-refractivity contribution in [2.45, 2.75) is 12.8 Å². The van der Waals surface area contributed by atoms with Crippen molar-refractivity contribution in [3.8, 4) is 16.9 Å². The normalized spacial score (nSPS) is 16.8. The molecule has 1 aliphatic heterocycles. The zero-order valence-electron chi connectivity index (χ0n) is 13.8. The number of hydrogen-bond acceptors (Lipinski definition) is 4. The summed E-state index contributed by atoms with van der Waals surface area (Å²) in [6.07, 6.45) is 5.51. The molecule has 1 saturated heterocycles. The van der Waals surface area contributed by atoms with Crippen molar-refractivity contribution in [1.29, 1.82) is 0 Å². The van der Waals surface area contributed by atoms with E-state index in [9.17, 15) is 4.79 Å². The van der Waals surface area contributed by atoms with E-state index < -0.39 is 0 Å². The molecule has 1 N–H and O–H groups in total. The lowest BCUT2D eigenvalue weighted by atomic mass is 10.0. The van der Waals surface area contributed by atoms with E-state index in [4.69, 9.17) is 9.47 Å². The third-order valence-corrected chi connectivity index (χ3v) is 4.29. The van der Waals surface area contributed by atoms with Gasteiger partial charge in [-0.2, -0.15) is 0 Å². The maximum Gasteiger partial charge on any atom is 0.251 e. The fraction of sp³-hybridized carbons (Fsp3) is 0.368. The fourth-order valence-electron chi connectivity index (χ4n) is 2.81. The molecule has 5 heteroatoms. The lowest BCUT2D eigenvalue weighted by molar-refractivity contribution is 0.0950. The molecule has 1 aromatic heterocycles. The quantitative estimate of drug-likeness (QED) is 0.887. The minimum atomic E-state index is -0.0377. The summed E-state index contributed by atoms with van der Waals surface area (Å²) in [6.45, 7) is 2.35. The summed E-state index contributed by atoms with van der Waals surface area (Å²) in [5.41, 5.74) is 2.63. The molecule has 0 saturated carbocycles. The van der Waals surface area contributed by atoms with Gasteiger partial charge in [0.15, 0.2) is 0 Å². The van der Waals surface area contributed by atoms with Crippen LogP contribution in [0.3, 0.4) is 0 Å². The zero-order valence-corrected chi connectivity index (χ0v) is 13.8. The molecular formula is C19H22N2O3. The molecule has 0 bridgehead atoms. The van der Waals surface area contributed by atoms with Gasteiger partial charge in [-0.3, -0.25) is 9.78 Å². The molecule has 1 aromatic carbocycles. The summed E-state index contributed by atoms with van der Waals surface area (Å²) in [5, 5.41) is 2.98. The van der Waals surface area contributed by atoms with E-state index in [2.05, 4.69) is 10.3 Å². The van der Waals surface area contributed by atoms with Gasteiger partial charge in [0.25, 0.3) is 5.91 Å². The first-order valence-corrected chi connectivity index (χ1v) is 8.21. The number of pyridine rings is 1. The molecule has 1 amide bonds. The van der Waals surface area contributed by atoms with Crippen LogP contribution in [0, 0.1) is 5.92 Å². The number of rotatable bonds is 6. The van der Waals surface area contributed by atoms with Crippen molar-refractivity contribution in [3.63, 3.8) is 0 Å². The first kappa shape index (κ1) is 16.5. The summed E-state index contributed by atoms with van der Waals surface area (Å²) in [4.78, 5) is 16.3. The van der Waals surface area contributed by atoms with Crippen molar-refractivity contribution in [2.24, 2.45) is 5.92 Å². The summed E-state index contributed by atoms with van der Waals surface area (Å²) in [6, 6.07) is 9.45. The molecule has 0 spiro atoms. The second-order valence-corrected chi connectivity index (χ2v) is 5.96. The average Bonchev–Trinajstić information content (AvgIpc) is 3.15. The van der Waals surface area contributed by atoms with Gasteiger partial charge in [0.1, 0.15) is 5.75 Å². The van der Waals surface area contributed by atoms with E-state index in [-0.39, 0.29) is 5.91 Å². The highest BCUT2D eigenvalue weighted by Gasteiger charge is 2.15. The third kappa shape index (κ3) is 4.11. The lowest BCUT2D eigenvalue weighted by Crippen LogP contribution is -2.26. The highest BCUT2D eigenvalue weighted by Crippen LogP contribution is 2.22. The van der Waals surface area contributed by atoms with Gasteiger partial charge in [0.2, 0.25) is 0 Å². The van der Waals surface area contributed by atoms with Crippen LogP contribution in [0.15, 0.2) is 42.7 Å². The highest BCUT2D eigenvalue weighted by molar-refractivity contribution is 5.94. The molecule has 3 rings (SSSR count). The van der Waals surface area contributed by atoms with Gasteiger partial charge >= 0.3 is 0 Å². The van der Waals surface area contributed by atoms with Crippen LogP contribution in [-0.4, -0.2) is 37.8 Å². The number of carbonyl (C=O) groups excluding carboxylic acids is 1. The number of hydrogen-bond donors (Lipinski definition) is 1. The zero-order chi connectivity index (χ0) is 16.8. The standard InChI is InChI=1S/C19H22N2O3/c1-23-18-10-17(11-20-12-18)15-2-4-16(5-3-15)19(22)21-8-6-14-7-9-24-13-14/h2-5,10-12,14H,6-9,13H2,1H3,(H,21,22)/t14-/m0/s1. The molecule has 126 valence electrons. The Morgan fingerprint density at radius 3 is 2.83 bits per heavy atom. The second-order valence-electron chi connectivity index (χ2n) is 5.96. The van der Waals surface area contributed by atoms with Crippen LogP contribution >= 0.6 is 0 Å². The highest BCUT2D eigenvalue weighted by atomic mass is 16.5. The summed E-state index contributed by atoms with van der Waals surface area (Å²) in [7, 11) is 1.62. The predicted molar refractivity (Wildman–Crippen MR) is 92.1 cm³/mol. The maximum atomic E-state index is 12.2. The van der Waals surface area contributed by atoms with E-state index in [1.807, 2.05) is 30.3 Å². The molecule has 0 unspecified atom stereocenters.